The van der Waals surface area contributed by atoms with Gasteiger partial charge in [0.1, 0.15) is 5.58 Å². The smallest absolute Gasteiger partial charge is 0.287 e. The van der Waals surface area contributed by atoms with Gasteiger partial charge in [-0.1, -0.05) is 24.6 Å². The lowest BCUT2D eigenvalue weighted by atomic mass is 9.67. The first-order valence-electron chi connectivity index (χ1n) is 9.23. The van der Waals surface area contributed by atoms with E-state index in [1.54, 1.807) is 7.11 Å². The predicted molar refractivity (Wildman–Crippen MR) is 96.2 cm³/mol. The predicted octanol–water partition coefficient (Wildman–Crippen LogP) is 3.22. The summed E-state index contributed by atoms with van der Waals surface area (Å²) in [6.07, 6.45) is 5.56. The molecule has 2 aromatic rings. The molecule has 2 aliphatic rings. The van der Waals surface area contributed by atoms with Crippen LogP contribution >= 0.6 is 0 Å². The van der Waals surface area contributed by atoms with Crippen LogP contribution in [0, 0.1) is 11.8 Å². The van der Waals surface area contributed by atoms with E-state index >= 15 is 0 Å². The zero-order valence-corrected chi connectivity index (χ0v) is 14.7. The topological polar surface area (TPSA) is 77.5 Å². The largest absolute Gasteiger partial charge is 0.451 e. The monoisotopic (exact) mass is 342 g/mol. The number of fused-ring (bicyclic) bond motifs is 3. The van der Waals surface area contributed by atoms with Gasteiger partial charge in [-0.2, -0.15) is 0 Å². The first-order valence-corrected chi connectivity index (χ1v) is 9.23. The summed E-state index contributed by atoms with van der Waals surface area (Å²) in [5, 5.41) is 4.22. The molecule has 5 nitrogen and oxygen atoms in total. The highest BCUT2D eigenvalue weighted by Crippen LogP contribution is 2.40. The molecule has 4 rings (SSSR count). The molecule has 0 spiro atoms. The standard InChI is InChI=1S/C20H26N2O3/c1-24-11-16-15-7-2-3-8-17(15)25-19(16)20(23)22-18-12-5-4-6-13(18)10-14(21)9-12/h2-3,7-8,12-14,18H,4-6,9-11,21H2,1H3,(H,22,23). The highest BCUT2D eigenvalue weighted by molar-refractivity contribution is 5.99. The van der Waals surface area contributed by atoms with Crippen LogP contribution in [0.15, 0.2) is 28.7 Å². The molecule has 1 aromatic carbocycles. The Kier molecular flexibility index (Phi) is 4.52. The van der Waals surface area contributed by atoms with Crippen molar-refractivity contribution < 1.29 is 13.9 Å². The van der Waals surface area contributed by atoms with Gasteiger partial charge < -0.3 is 20.2 Å². The zero-order chi connectivity index (χ0) is 17.4. The van der Waals surface area contributed by atoms with Crippen molar-refractivity contribution in [3.8, 4) is 0 Å². The molecular formula is C20H26N2O3. The van der Waals surface area contributed by atoms with Crippen LogP contribution in [-0.4, -0.2) is 25.1 Å². The van der Waals surface area contributed by atoms with Gasteiger partial charge in [0.05, 0.1) is 6.61 Å². The van der Waals surface area contributed by atoms with Crippen molar-refractivity contribution in [1.29, 1.82) is 0 Å². The number of nitrogens with two attached hydrogens (primary N) is 1. The number of para-hydroxylation sites is 1. The Balaban J connectivity index is 1.61. The number of furan rings is 1. The SMILES string of the molecule is COCc1c(C(=O)NC2C3CCCC2CC(N)C3)oc2ccccc12. The minimum Gasteiger partial charge on any atom is -0.451 e. The molecule has 3 N–H and O–H groups in total. The van der Waals surface area contributed by atoms with E-state index in [-0.39, 0.29) is 18.0 Å². The van der Waals surface area contributed by atoms with Crippen LogP contribution in [0.25, 0.3) is 11.0 Å². The summed E-state index contributed by atoms with van der Waals surface area (Å²) in [7, 11) is 1.64. The third-order valence-corrected chi connectivity index (χ3v) is 5.87. The van der Waals surface area contributed by atoms with Gasteiger partial charge in [0, 0.05) is 30.1 Å². The van der Waals surface area contributed by atoms with E-state index in [0.717, 1.165) is 42.2 Å². The number of nitrogens with one attached hydrogen (secondary N) is 1. The molecule has 25 heavy (non-hydrogen) atoms. The summed E-state index contributed by atoms with van der Waals surface area (Å²) in [5.41, 5.74) is 7.75. The number of ether oxygens (including phenoxy) is 1. The van der Waals surface area contributed by atoms with E-state index in [4.69, 9.17) is 14.9 Å². The van der Waals surface area contributed by atoms with E-state index in [2.05, 4.69) is 5.32 Å². The average molecular weight is 342 g/mol. The minimum atomic E-state index is -0.124. The van der Waals surface area contributed by atoms with Crippen LogP contribution < -0.4 is 11.1 Å². The van der Waals surface area contributed by atoms with E-state index in [1.807, 2.05) is 24.3 Å². The van der Waals surface area contributed by atoms with E-state index in [0.29, 0.717) is 24.2 Å². The van der Waals surface area contributed by atoms with Gasteiger partial charge in [-0.3, -0.25) is 4.79 Å². The number of hydrogen-bond acceptors (Lipinski definition) is 4. The van der Waals surface area contributed by atoms with Crippen LogP contribution in [-0.2, 0) is 11.3 Å². The summed E-state index contributed by atoms with van der Waals surface area (Å²) < 4.78 is 11.2. The quantitative estimate of drug-likeness (QED) is 0.894. The highest BCUT2D eigenvalue weighted by Gasteiger charge is 2.40. The Hall–Kier alpha value is -1.85. The van der Waals surface area contributed by atoms with Crippen molar-refractivity contribution in [2.45, 2.75) is 50.8 Å². The van der Waals surface area contributed by atoms with Crippen LogP contribution in [0.4, 0.5) is 0 Å². The molecule has 2 saturated carbocycles. The lowest BCUT2D eigenvalue weighted by Crippen LogP contribution is -2.53. The van der Waals surface area contributed by atoms with Crippen molar-refractivity contribution >= 4 is 16.9 Å². The van der Waals surface area contributed by atoms with Crippen molar-refractivity contribution in [3.05, 3.63) is 35.6 Å². The molecule has 2 bridgehead atoms. The van der Waals surface area contributed by atoms with E-state index in [9.17, 15) is 4.79 Å². The Morgan fingerprint density at radius 2 is 2.00 bits per heavy atom. The molecule has 2 atom stereocenters. The lowest BCUT2D eigenvalue weighted by molar-refractivity contribution is 0.0729. The third kappa shape index (κ3) is 3.07. The minimum absolute atomic E-state index is 0.124. The van der Waals surface area contributed by atoms with Gasteiger partial charge in [0.15, 0.2) is 5.76 Å². The number of benzene rings is 1. The fourth-order valence-electron chi connectivity index (χ4n) is 4.81. The number of methoxy groups -OCH3 is 1. The molecule has 2 unspecified atom stereocenters. The Morgan fingerprint density at radius 1 is 1.28 bits per heavy atom. The first kappa shape index (κ1) is 16.6. The number of rotatable bonds is 4. The summed E-state index contributed by atoms with van der Waals surface area (Å²) in [4.78, 5) is 13.0. The van der Waals surface area contributed by atoms with Crippen LogP contribution in [0.2, 0.25) is 0 Å². The maximum absolute atomic E-state index is 13.0. The van der Waals surface area contributed by atoms with Crippen LogP contribution in [0.3, 0.4) is 0 Å². The molecule has 2 aliphatic carbocycles. The highest BCUT2D eigenvalue weighted by atomic mass is 16.5. The lowest BCUT2D eigenvalue weighted by Gasteiger charge is -2.45. The summed E-state index contributed by atoms with van der Waals surface area (Å²) >= 11 is 0. The van der Waals surface area contributed by atoms with Gasteiger partial charge >= 0.3 is 0 Å². The van der Waals surface area contributed by atoms with Gasteiger partial charge in [-0.25, -0.2) is 0 Å². The van der Waals surface area contributed by atoms with Crippen molar-refractivity contribution in [2.24, 2.45) is 17.6 Å². The molecule has 2 fully saturated rings. The second-order valence-corrected chi connectivity index (χ2v) is 7.52. The molecule has 5 heteroatoms. The summed E-state index contributed by atoms with van der Waals surface area (Å²) in [5.74, 6) is 1.24. The average Bonchev–Trinajstić information content (AvgIpc) is 2.95. The molecule has 1 aromatic heterocycles. The van der Waals surface area contributed by atoms with Crippen molar-refractivity contribution in [1.82, 2.24) is 5.32 Å². The Bertz CT molecular complexity index is 755. The molecule has 1 amide bonds. The van der Waals surface area contributed by atoms with Gasteiger partial charge in [0.2, 0.25) is 0 Å². The summed E-state index contributed by atoms with van der Waals surface area (Å²) in [6, 6.07) is 8.21. The van der Waals surface area contributed by atoms with E-state index in [1.165, 1.54) is 6.42 Å². The van der Waals surface area contributed by atoms with E-state index < -0.39 is 0 Å². The number of amides is 1. The van der Waals surface area contributed by atoms with Gasteiger partial charge in [-0.15, -0.1) is 0 Å². The van der Waals surface area contributed by atoms with Crippen molar-refractivity contribution in [2.75, 3.05) is 7.11 Å². The second kappa shape index (κ2) is 6.81. The summed E-state index contributed by atoms with van der Waals surface area (Å²) in [6.45, 7) is 0.363. The third-order valence-electron chi connectivity index (χ3n) is 5.87. The molecular weight excluding hydrogens is 316 g/mol. The fourth-order valence-corrected chi connectivity index (χ4v) is 4.81. The maximum Gasteiger partial charge on any atom is 0.287 e. The number of carbonyl (C=O) groups excluding carboxylic acids is 1. The zero-order valence-electron chi connectivity index (χ0n) is 14.7. The molecule has 0 saturated heterocycles. The van der Waals surface area contributed by atoms with Gasteiger partial charge in [0.25, 0.3) is 5.91 Å². The molecule has 0 radical (unpaired) electrons. The Labute approximate surface area is 147 Å². The van der Waals surface area contributed by atoms with Crippen LogP contribution in [0.5, 0.6) is 0 Å². The van der Waals surface area contributed by atoms with Crippen LogP contribution in [0.1, 0.15) is 48.2 Å². The number of hydrogen-bond donors (Lipinski definition) is 2. The van der Waals surface area contributed by atoms with Gasteiger partial charge in [-0.05, 0) is 43.6 Å². The van der Waals surface area contributed by atoms with Crippen molar-refractivity contribution in [3.63, 3.8) is 0 Å². The molecule has 134 valence electrons. The maximum atomic E-state index is 13.0. The first-order chi connectivity index (χ1) is 12.2. The molecule has 1 heterocycles. The normalized spacial score (nSPS) is 28.9. The Morgan fingerprint density at radius 3 is 2.72 bits per heavy atom. The molecule has 0 aliphatic heterocycles. The second-order valence-electron chi connectivity index (χ2n) is 7.52. The number of carbonyl (C=O) groups is 1. The fraction of sp³-hybridized carbons (Fsp3) is 0.550.